The van der Waals surface area contributed by atoms with Crippen molar-refractivity contribution < 1.29 is 29.0 Å². The summed E-state index contributed by atoms with van der Waals surface area (Å²) in [6.45, 7) is 10.2. The molecule has 3 rings (SSSR count). The minimum atomic E-state index is -1.11. The molecule has 3 amide bonds. The molecule has 44 heavy (non-hydrogen) atoms. The van der Waals surface area contributed by atoms with Crippen LogP contribution in [0.3, 0.4) is 0 Å². The van der Waals surface area contributed by atoms with Crippen molar-refractivity contribution in [1.82, 2.24) is 15.5 Å². The maximum atomic E-state index is 13.5. The van der Waals surface area contributed by atoms with Crippen LogP contribution in [0.1, 0.15) is 56.3 Å². The van der Waals surface area contributed by atoms with E-state index in [2.05, 4.69) is 23.8 Å². The molecular formula is C35H45N3O6. The quantitative estimate of drug-likeness (QED) is 0.143. The van der Waals surface area contributed by atoms with Crippen LogP contribution in [0.2, 0.25) is 0 Å². The van der Waals surface area contributed by atoms with Crippen molar-refractivity contribution >= 4 is 23.7 Å². The van der Waals surface area contributed by atoms with Gasteiger partial charge in [0.2, 0.25) is 17.7 Å². The van der Waals surface area contributed by atoms with Crippen LogP contribution >= 0.6 is 0 Å². The Morgan fingerprint density at radius 3 is 2.09 bits per heavy atom. The van der Waals surface area contributed by atoms with Gasteiger partial charge in [0.15, 0.2) is 0 Å². The van der Waals surface area contributed by atoms with E-state index in [9.17, 15) is 24.3 Å². The number of aliphatic hydroxyl groups is 1. The first kappa shape index (κ1) is 34.3. The van der Waals surface area contributed by atoms with E-state index >= 15 is 0 Å². The van der Waals surface area contributed by atoms with Gasteiger partial charge in [-0.3, -0.25) is 19.2 Å². The fourth-order valence-electron chi connectivity index (χ4n) is 5.36. The zero-order valence-corrected chi connectivity index (χ0v) is 25.5. The van der Waals surface area contributed by atoms with Gasteiger partial charge in [-0.2, -0.15) is 0 Å². The summed E-state index contributed by atoms with van der Waals surface area (Å²) in [6, 6.07) is 17.2. The van der Waals surface area contributed by atoms with Crippen molar-refractivity contribution in [3.63, 3.8) is 0 Å². The molecule has 0 spiro atoms. The first-order chi connectivity index (χ1) is 21.3. The summed E-state index contributed by atoms with van der Waals surface area (Å²) in [6.07, 6.45) is 4.89. The highest BCUT2D eigenvalue weighted by Gasteiger charge is 2.34. The average molecular weight is 604 g/mol. The molecule has 2 aromatic rings. The Morgan fingerprint density at radius 2 is 1.50 bits per heavy atom. The van der Waals surface area contributed by atoms with E-state index in [-0.39, 0.29) is 31.8 Å². The van der Waals surface area contributed by atoms with E-state index in [4.69, 9.17) is 4.74 Å². The highest BCUT2D eigenvalue weighted by Crippen LogP contribution is 2.26. The number of esters is 1. The van der Waals surface area contributed by atoms with Crippen LogP contribution in [0.15, 0.2) is 86.0 Å². The van der Waals surface area contributed by atoms with Gasteiger partial charge in [-0.1, -0.05) is 72.8 Å². The Kier molecular flexibility index (Phi) is 13.8. The van der Waals surface area contributed by atoms with Gasteiger partial charge < -0.3 is 25.4 Å². The highest BCUT2D eigenvalue weighted by molar-refractivity contribution is 6.00. The van der Waals surface area contributed by atoms with Gasteiger partial charge in [-0.15, -0.1) is 13.2 Å². The molecule has 5 atom stereocenters. The minimum Gasteiger partial charge on any atom is -0.455 e. The molecule has 0 aromatic heterocycles. The number of nitrogens with zero attached hydrogens (tertiary/aromatic N) is 1. The zero-order chi connectivity index (χ0) is 31.9. The van der Waals surface area contributed by atoms with E-state index < -0.39 is 47.8 Å². The molecule has 1 aliphatic heterocycles. The molecule has 1 unspecified atom stereocenters. The number of ether oxygens (including phenoxy) is 1. The summed E-state index contributed by atoms with van der Waals surface area (Å²) >= 11 is 0. The number of nitrogens with one attached hydrogen (secondary N) is 2. The SMILES string of the molecule is C=CCC(C(=O)N[C@@H](CO)Cc1ccccc1)C(=O)N[C@H](C)[C@@H](OC(=O)[C@H](CC=C)CC(=O)N1CCCC1)c1ccccc1. The highest BCUT2D eigenvalue weighted by atomic mass is 16.5. The molecule has 1 heterocycles. The molecule has 236 valence electrons. The summed E-state index contributed by atoms with van der Waals surface area (Å²) in [5, 5.41) is 15.6. The zero-order valence-electron chi connectivity index (χ0n) is 25.5. The van der Waals surface area contributed by atoms with Crippen LogP contribution in [-0.4, -0.2) is 65.5 Å². The Morgan fingerprint density at radius 1 is 0.909 bits per heavy atom. The van der Waals surface area contributed by atoms with Gasteiger partial charge in [-0.25, -0.2) is 0 Å². The van der Waals surface area contributed by atoms with Gasteiger partial charge in [0.05, 0.1) is 24.6 Å². The molecule has 0 radical (unpaired) electrons. The fraction of sp³-hybridized carbons (Fsp3) is 0.429. The largest absolute Gasteiger partial charge is 0.455 e. The van der Waals surface area contributed by atoms with Crippen molar-refractivity contribution in [2.75, 3.05) is 19.7 Å². The first-order valence-corrected chi connectivity index (χ1v) is 15.3. The van der Waals surface area contributed by atoms with Crippen LogP contribution < -0.4 is 10.6 Å². The molecule has 1 aliphatic rings. The number of allylic oxidation sites excluding steroid dienone is 2. The minimum absolute atomic E-state index is 0.0175. The maximum Gasteiger partial charge on any atom is 0.310 e. The smallest absolute Gasteiger partial charge is 0.310 e. The van der Waals surface area contributed by atoms with Gasteiger partial charge in [0.25, 0.3) is 0 Å². The van der Waals surface area contributed by atoms with E-state index in [0.717, 1.165) is 18.4 Å². The number of aliphatic hydroxyl groups excluding tert-OH is 1. The van der Waals surface area contributed by atoms with E-state index in [1.807, 2.05) is 36.4 Å². The lowest BCUT2D eigenvalue weighted by molar-refractivity contribution is -0.159. The molecule has 2 aromatic carbocycles. The number of carbonyl (C=O) groups excluding carboxylic acids is 4. The molecule has 9 nitrogen and oxygen atoms in total. The summed E-state index contributed by atoms with van der Waals surface area (Å²) in [4.78, 5) is 54.8. The molecule has 0 aliphatic carbocycles. The van der Waals surface area contributed by atoms with Crippen molar-refractivity contribution in [3.05, 3.63) is 97.1 Å². The number of rotatable bonds is 17. The Balaban J connectivity index is 1.72. The number of carbonyl (C=O) groups is 4. The van der Waals surface area contributed by atoms with Crippen molar-refractivity contribution in [3.8, 4) is 0 Å². The third-order valence-corrected chi connectivity index (χ3v) is 7.79. The van der Waals surface area contributed by atoms with Crippen molar-refractivity contribution in [2.24, 2.45) is 11.8 Å². The van der Waals surface area contributed by atoms with Crippen LogP contribution in [0, 0.1) is 11.8 Å². The lowest BCUT2D eigenvalue weighted by Crippen LogP contribution is -2.49. The Hall–Kier alpha value is -4.24. The number of benzene rings is 2. The topological polar surface area (TPSA) is 125 Å². The Labute approximate surface area is 260 Å². The lowest BCUT2D eigenvalue weighted by atomic mass is 9.98. The standard InChI is InChI=1S/C35H45N3O6/c1-4-14-28(23-31(40)38-20-12-13-21-38)35(43)44-32(27-18-10-7-11-19-27)25(3)36-33(41)30(15-5-2)34(42)37-29(24-39)22-26-16-8-6-9-17-26/h4-11,16-19,25,28-30,32,39H,1-2,12-15,20-24H2,3H3,(H,36,41)(H,37,42)/t25-,28-,29-,30?,32-/m1/s1. The monoisotopic (exact) mass is 603 g/mol. The van der Waals surface area contributed by atoms with Crippen molar-refractivity contribution in [2.45, 2.75) is 63.6 Å². The van der Waals surface area contributed by atoms with Gasteiger partial charge in [0, 0.05) is 19.5 Å². The summed E-state index contributed by atoms with van der Waals surface area (Å²) < 4.78 is 6.00. The predicted molar refractivity (Wildman–Crippen MR) is 169 cm³/mol. The van der Waals surface area contributed by atoms with Gasteiger partial charge in [0.1, 0.15) is 12.0 Å². The van der Waals surface area contributed by atoms with E-state index in [1.165, 1.54) is 6.08 Å². The van der Waals surface area contributed by atoms with E-state index in [0.29, 0.717) is 25.1 Å². The number of likely N-dealkylation sites (tertiary alicyclic amines) is 1. The second-order valence-corrected chi connectivity index (χ2v) is 11.2. The summed E-state index contributed by atoms with van der Waals surface area (Å²) in [5.74, 6) is -3.57. The Bertz CT molecular complexity index is 1250. The second-order valence-electron chi connectivity index (χ2n) is 11.2. The van der Waals surface area contributed by atoms with Crippen LogP contribution in [0.4, 0.5) is 0 Å². The third kappa shape index (κ3) is 10.2. The van der Waals surface area contributed by atoms with E-state index in [1.54, 1.807) is 42.2 Å². The molecule has 1 saturated heterocycles. The first-order valence-electron chi connectivity index (χ1n) is 15.3. The molecule has 3 N–H and O–H groups in total. The van der Waals surface area contributed by atoms with Crippen molar-refractivity contribution in [1.29, 1.82) is 0 Å². The second kappa shape index (κ2) is 17.8. The van der Waals surface area contributed by atoms with Crippen LogP contribution in [-0.2, 0) is 30.3 Å². The summed E-state index contributed by atoms with van der Waals surface area (Å²) in [5.41, 5.74) is 1.60. The molecule has 9 heteroatoms. The average Bonchev–Trinajstić information content (AvgIpc) is 3.58. The summed E-state index contributed by atoms with van der Waals surface area (Å²) in [7, 11) is 0. The molecule has 0 bridgehead atoms. The third-order valence-electron chi connectivity index (χ3n) is 7.79. The molecular weight excluding hydrogens is 558 g/mol. The normalized spacial score (nSPS) is 16.1. The van der Waals surface area contributed by atoms with Gasteiger partial charge >= 0.3 is 5.97 Å². The fourth-order valence-corrected chi connectivity index (χ4v) is 5.36. The molecule has 0 saturated carbocycles. The van der Waals surface area contributed by atoms with Crippen LogP contribution in [0.5, 0.6) is 0 Å². The van der Waals surface area contributed by atoms with Crippen LogP contribution in [0.25, 0.3) is 0 Å². The lowest BCUT2D eigenvalue weighted by Gasteiger charge is -2.29. The molecule has 1 fully saturated rings. The van der Waals surface area contributed by atoms with Gasteiger partial charge in [-0.05, 0) is 50.2 Å². The maximum absolute atomic E-state index is 13.5. The number of hydrogen-bond acceptors (Lipinski definition) is 6. The number of hydrogen-bond donors (Lipinski definition) is 3. The number of amides is 3. The predicted octanol–water partition coefficient (Wildman–Crippen LogP) is 3.89.